The standard InChI is InChI=1S/C25H34N2.C2H6/c1-14-13-15(2)24(20(7)16(14)3)26-11-12-27(23(26)10)25-21(8)18(5)17(4)19(6)22(25)9;1-2/h11-13,23H,1-10H3;1-2H3. The zero-order valence-corrected chi connectivity index (χ0v) is 20.7. The molecule has 2 heteroatoms. The maximum Gasteiger partial charge on any atom is 0.107 e. The number of hydrogen-bond donors (Lipinski definition) is 0. The smallest absolute Gasteiger partial charge is 0.107 e. The Bertz CT molecular complexity index is 921. The van der Waals surface area contributed by atoms with Crippen LogP contribution in [0.4, 0.5) is 11.4 Å². The molecule has 3 rings (SSSR count). The van der Waals surface area contributed by atoms with Gasteiger partial charge in [0, 0.05) is 23.8 Å². The van der Waals surface area contributed by atoms with Crippen LogP contribution in [0.2, 0.25) is 0 Å². The molecule has 29 heavy (non-hydrogen) atoms. The monoisotopic (exact) mass is 392 g/mol. The molecule has 0 aliphatic carbocycles. The Morgan fingerprint density at radius 1 is 0.517 bits per heavy atom. The average molecular weight is 393 g/mol. The molecule has 0 aromatic heterocycles. The zero-order chi connectivity index (χ0) is 22.2. The second kappa shape index (κ2) is 8.65. The summed E-state index contributed by atoms with van der Waals surface area (Å²) in [6.45, 7) is 26.5. The van der Waals surface area contributed by atoms with E-state index in [2.05, 4.69) is 97.5 Å². The van der Waals surface area contributed by atoms with E-state index in [1.54, 1.807) is 0 Å². The van der Waals surface area contributed by atoms with Crippen molar-refractivity contribution in [2.45, 2.75) is 89.3 Å². The van der Waals surface area contributed by atoms with Crippen molar-refractivity contribution in [2.75, 3.05) is 9.80 Å². The summed E-state index contributed by atoms with van der Waals surface area (Å²) >= 11 is 0. The van der Waals surface area contributed by atoms with Gasteiger partial charge in [-0.2, -0.15) is 0 Å². The third-order valence-electron chi connectivity index (χ3n) is 6.99. The van der Waals surface area contributed by atoms with E-state index in [1.165, 1.54) is 61.4 Å². The number of benzene rings is 2. The molecule has 0 spiro atoms. The molecule has 0 radical (unpaired) electrons. The molecule has 2 aromatic rings. The SMILES string of the molecule is CC.Cc1cc(C)c(N2C=CN(c3c(C)c(C)c(C)c(C)c3C)C2C)c(C)c1C. The minimum absolute atomic E-state index is 0.253. The Morgan fingerprint density at radius 3 is 1.38 bits per heavy atom. The molecule has 0 bridgehead atoms. The Balaban J connectivity index is 0.00000145. The number of hydrogen-bond acceptors (Lipinski definition) is 2. The third-order valence-corrected chi connectivity index (χ3v) is 6.99. The van der Waals surface area contributed by atoms with Crippen LogP contribution in [0.3, 0.4) is 0 Å². The highest BCUT2D eigenvalue weighted by Gasteiger charge is 2.29. The summed E-state index contributed by atoms with van der Waals surface area (Å²) in [6.07, 6.45) is 4.75. The summed E-state index contributed by atoms with van der Waals surface area (Å²) in [6, 6.07) is 2.32. The van der Waals surface area contributed by atoms with E-state index in [1.807, 2.05) is 13.8 Å². The van der Waals surface area contributed by atoms with Gasteiger partial charge in [0.25, 0.3) is 0 Å². The molecule has 0 amide bonds. The van der Waals surface area contributed by atoms with Gasteiger partial charge < -0.3 is 9.80 Å². The second-order valence-electron chi connectivity index (χ2n) is 8.33. The number of nitrogens with zero attached hydrogens (tertiary/aromatic N) is 2. The summed E-state index contributed by atoms with van der Waals surface area (Å²) in [4.78, 5) is 4.87. The lowest BCUT2D eigenvalue weighted by molar-refractivity contribution is 0.741. The van der Waals surface area contributed by atoms with Gasteiger partial charge in [-0.15, -0.1) is 0 Å². The summed E-state index contributed by atoms with van der Waals surface area (Å²) in [5.41, 5.74) is 15.2. The third kappa shape index (κ3) is 3.70. The van der Waals surface area contributed by atoms with Crippen LogP contribution in [-0.2, 0) is 0 Å². The lowest BCUT2D eigenvalue weighted by Gasteiger charge is -2.35. The van der Waals surface area contributed by atoms with E-state index in [-0.39, 0.29) is 6.17 Å². The molecule has 1 aliphatic rings. The number of rotatable bonds is 2. The molecule has 1 heterocycles. The minimum Gasteiger partial charge on any atom is -0.325 e. The first-order valence-electron chi connectivity index (χ1n) is 11.0. The van der Waals surface area contributed by atoms with Gasteiger partial charge in [-0.1, -0.05) is 19.9 Å². The average Bonchev–Trinajstić information content (AvgIpc) is 3.06. The van der Waals surface area contributed by atoms with Crippen LogP contribution in [0.5, 0.6) is 0 Å². The quantitative estimate of drug-likeness (QED) is 0.518. The lowest BCUT2D eigenvalue weighted by atomic mass is 9.92. The van der Waals surface area contributed by atoms with Crippen LogP contribution in [0.25, 0.3) is 0 Å². The molecule has 2 aromatic carbocycles. The van der Waals surface area contributed by atoms with Crippen LogP contribution < -0.4 is 9.80 Å². The van der Waals surface area contributed by atoms with Gasteiger partial charge in [0.15, 0.2) is 0 Å². The van der Waals surface area contributed by atoms with Gasteiger partial charge in [0.2, 0.25) is 0 Å². The Morgan fingerprint density at radius 2 is 0.897 bits per heavy atom. The van der Waals surface area contributed by atoms with Gasteiger partial charge in [-0.25, -0.2) is 0 Å². The van der Waals surface area contributed by atoms with Crippen molar-refractivity contribution in [3.8, 4) is 0 Å². The molecular weight excluding hydrogens is 352 g/mol. The summed E-state index contributed by atoms with van der Waals surface area (Å²) in [5, 5.41) is 0. The normalized spacial score (nSPS) is 15.7. The van der Waals surface area contributed by atoms with Gasteiger partial charge in [-0.05, 0) is 119 Å². The minimum atomic E-state index is 0.253. The molecule has 1 aliphatic heterocycles. The fraction of sp³-hybridized carbons (Fsp3) is 0.481. The van der Waals surface area contributed by atoms with Gasteiger partial charge >= 0.3 is 0 Å². The summed E-state index contributed by atoms with van der Waals surface area (Å²) in [7, 11) is 0. The fourth-order valence-electron chi connectivity index (χ4n) is 4.58. The molecule has 0 fully saturated rings. The van der Waals surface area contributed by atoms with Crippen molar-refractivity contribution in [3.63, 3.8) is 0 Å². The van der Waals surface area contributed by atoms with Crippen molar-refractivity contribution in [1.29, 1.82) is 0 Å². The maximum atomic E-state index is 2.44. The highest BCUT2D eigenvalue weighted by atomic mass is 15.4. The van der Waals surface area contributed by atoms with Crippen molar-refractivity contribution in [2.24, 2.45) is 0 Å². The van der Waals surface area contributed by atoms with Crippen LogP contribution in [0.15, 0.2) is 18.5 Å². The molecule has 2 nitrogen and oxygen atoms in total. The van der Waals surface area contributed by atoms with Crippen molar-refractivity contribution < 1.29 is 0 Å². The highest BCUT2D eigenvalue weighted by Crippen LogP contribution is 2.39. The highest BCUT2D eigenvalue weighted by molar-refractivity contribution is 5.73. The molecule has 0 saturated heterocycles. The van der Waals surface area contributed by atoms with E-state index in [9.17, 15) is 0 Å². The predicted octanol–water partition coefficient (Wildman–Crippen LogP) is 7.63. The fourth-order valence-corrected chi connectivity index (χ4v) is 4.58. The first-order valence-corrected chi connectivity index (χ1v) is 11.0. The van der Waals surface area contributed by atoms with E-state index < -0.39 is 0 Å². The Labute approximate surface area is 179 Å². The first-order chi connectivity index (χ1) is 13.6. The van der Waals surface area contributed by atoms with E-state index in [0.29, 0.717) is 0 Å². The number of aryl methyl sites for hydroxylation is 2. The second-order valence-corrected chi connectivity index (χ2v) is 8.33. The predicted molar refractivity (Wildman–Crippen MR) is 130 cm³/mol. The van der Waals surface area contributed by atoms with Gasteiger partial charge in [0.05, 0.1) is 0 Å². The lowest BCUT2D eigenvalue weighted by Crippen LogP contribution is -2.37. The van der Waals surface area contributed by atoms with Crippen LogP contribution in [0.1, 0.15) is 70.8 Å². The Kier molecular flexibility index (Phi) is 6.88. The van der Waals surface area contributed by atoms with E-state index in [0.717, 1.165) is 0 Å². The first kappa shape index (κ1) is 23.1. The van der Waals surface area contributed by atoms with Gasteiger partial charge in [0.1, 0.15) is 6.17 Å². The largest absolute Gasteiger partial charge is 0.325 e. The summed E-state index contributed by atoms with van der Waals surface area (Å²) in [5.74, 6) is 0. The van der Waals surface area contributed by atoms with Crippen molar-refractivity contribution >= 4 is 11.4 Å². The van der Waals surface area contributed by atoms with Crippen molar-refractivity contribution in [3.05, 3.63) is 68.5 Å². The molecular formula is C27H40N2. The Hall–Kier alpha value is -2.22. The molecule has 0 saturated carbocycles. The summed E-state index contributed by atoms with van der Waals surface area (Å²) < 4.78 is 0. The molecule has 0 N–H and O–H groups in total. The zero-order valence-electron chi connectivity index (χ0n) is 20.7. The van der Waals surface area contributed by atoms with E-state index in [4.69, 9.17) is 0 Å². The maximum absolute atomic E-state index is 2.44. The van der Waals surface area contributed by atoms with Gasteiger partial charge in [-0.3, -0.25) is 0 Å². The molecule has 158 valence electrons. The molecule has 1 unspecified atom stereocenters. The van der Waals surface area contributed by atoms with Crippen LogP contribution in [0, 0.1) is 62.3 Å². The van der Waals surface area contributed by atoms with E-state index >= 15 is 0 Å². The topological polar surface area (TPSA) is 6.48 Å². The number of anilines is 2. The van der Waals surface area contributed by atoms with Crippen molar-refractivity contribution in [1.82, 2.24) is 0 Å². The van der Waals surface area contributed by atoms with Crippen LogP contribution >= 0.6 is 0 Å². The molecule has 1 atom stereocenters. The van der Waals surface area contributed by atoms with Crippen LogP contribution in [-0.4, -0.2) is 6.17 Å².